The first-order valence-electron chi connectivity index (χ1n) is 8.78. The highest BCUT2D eigenvalue weighted by Crippen LogP contribution is 2.23. The van der Waals surface area contributed by atoms with Gasteiger partial charge >= 0.3 is 5.69 Å². The zero-order valence-electron chi connectivity index (χ0n) is 15.1. The number of likely N-dealkylation sites (N-methyl/N-ethyl adjacent to an activating group) is 1. The summed E-state index contributed by atoms with van der Waals surface area (Å²) in [7, 11) is 1.76. The van der Waals surface area contributed by atoms with Gasteiger partial charge in [-0.3, -0.25) is 19.1 Å². The standard InChI is InChI=1S/C19H24N4O3/c1-14-10-23(19(26)20-18(14)25)13-17(24)21(2)11-15-8-9-22(12-15)16-6-4-3-5-7-16/h3-7,10,15H,8-9,11-13H2,1-2H3,(H,20,25,26). The Bertz CT molecular complexity index is 888. The van der Waals surface area contributed by atoms with Gasteiger partial charge in [0.25, 0.3) is 5.56 Å². The molecule has 138 valence electrons. The average molecular weight is 356 g/mol. The molecule has 1 atom stereocenters. The SMILES string of the molecule is Cc1cn(CC(=O)N(C)CC2CCN(c3ccccc3)C2)c(=O)[nH]c1=O. The van der Waals surface area contributed by atoms with Gasteiger partial charge in [-0.2, -0.15) is 0 Å². The monoisotopic (exact) mass is 356 g/mol. The van der Waals surface area contributed by atoms with Crippen molar-refractivity contribution in [2.75, 3.05) is 31.6 Å². The zero-order chi connectivity index (χ0) is 18.7. The molecule has 2 heterocycles. The molecule has 0 radical (unpaired) electrons. The molecule has 1 aromatic carbocycles. The minimum absolute atomic E-state index is 0.0674. The van der Waals surface area contributed by atoms with E-state index in [0.717, 1.165) is 19.5 Å². The smallest absolute Gasteiger partial charge is 0.328 e. The number of nitrogens with zero attached hydrogens (tertiary/aromatic N) is 3. The van der Waals surface area contributed by atoms with Crippen LogP contribution in [-0.4, -0.2) is 47.0 Å². The number of aromatic nitrogens is 2. The van der Waals surface area contributed by atoms with Crippen molar-refractivity contribution in [3.05, 3.63) is 62.9 Å². The molecule has 0 spiro atoms. The number of rotatable bonds is 5. The molecule has 0 aliphatic carbocycles. The number of amides is 1. The van der Waals surface area contributed by atoms with Gasteiger partial charge in [0.05, 0.1) is 0 Å². The quantitative estimate of drug-likeness (QED) is 0.861. The van der Waals surface area contributed by atoms with Crippen LogP contribution in [-0.2, 0) is 11.3 Å². The van der Waals surface area contributed by atoms with E-state index in [4.69, 9.17) is 0 Å². The number of hydrogen-bond donors (Lipinski definition) is 1. The molecule has 0 bridgehead atoms. The fourth-order valence-electron chi connectivity index (χ4n) is 3.35. The Morgan fingerprint density at radius 2 is 2.00 bits per heavy atom. The van der Waals surface area contributed by atoms with Crippen molar-refractivity contribution >= 4 is 11.6 Å². The summed E-state index contributed by atoms with van der Waals surface area (Å²) in [5.74, 6) is 0.259. The summed E-state index contributed by atoms with van der Waals surface area (Å²) < 4.78 is 1.25. The van der Waals surface area contributed by atoms with Crippen LogP contribution in [0.5, 0.6) is 0 Å². The van der Waals surface area contributed by atoms with Crippen molar-refractivity contribution in [1.82, 2.24) is 14.5 Å². The Kier molecular flexibility index (Phi) is 5.25. The van der Waals surface area contributed by atoms with E-state index in [1.165, 1.54) is 16.5 Å². The number of carbonyl (C=O) groups is 1. The molecule has 1 saturated heterocycles. The highest BCUT2D eigenvalue weighted by atomic mass is 16.2. The lowest BCUT2D eigenvalue weighted by molar-refractivity contribution is -0.131. The van der Waals surface area contributed by atoms with E-state index in [0.29, 0.717) is 18.0 Å². The number of para-hydroxylation sites is 1. The summed E-state index contributed by atoms with van der Waals surface area (Å²) in [6.45, 7) is 4.09. The van der Waals surface area contributed by atoms with E-state index in [2.05, 4.69) is 22.0 Å². The minimum Gasteiger partial charge on any atom is -0.371 e. The van der Waals surface area contributed by atoms with Crippen molar-refractivity contribution in [3.63, 3.8) is 0 Å². The van der Waals surface area contributed by atoms with Crippen molar-refractivity contribution in [3.8, 4) is 0 Å². The van der Waals surface area contributed by atoms with Gasteiger partial charge in [-0.1, -0.05) is 18.2 Å². The van der Waals surface area contributed by atoms with Gasteiger partial charge in [0.2, 0.25) is 5.91 Å². The Morgan fingerprint density at radius 3 is 2.73 bits per heavy atom. The lowest BCUT2D eigenvalue weighted by Gasteiger charge is -2.23. The Labute approximate surface area is 151 Å². The number of aryl methyl sites for hydroxylation is 1. The third kappa shape index (κ3) is 4.04. The largest absolute Gasteiger partial charge is 0.371 e. The molecule has 2 aromatic rings. The maximum absolute atomic E-state index is 12.5. The van der Waals surface area contributed by atoms with Crippen LogP contribution >= 0.6 is 0 Å². The van der Waals surface area contributed by atoms with Crippen molar-refractivity contribution < 1.29 is 4.79 Å². The predicted octanol–water partition coefficient (Wildman–Crippen LogP) is 0.830. The van der Waals surface area contributed by atoms with Crippen LogP contribution in [0.15, 0.2) is 46.1 Å². The summed E-state index contributed by atoms with van der Waals surface area (Å²) in [6, 6.07) is 10.3. The third-order valence-electron chi connectivity index (χ3n) is 4.86. The molecule has 1 fully saturated rings. The van der Waals surface area contributed by atoms with Crippen LogP contribution in [0.25, 0.3) is 0 Å². The van der Waals surface area contributed by atoms with E-state index in [1.54, 1.807) is 18.9 Å². The van der Waals surface area contributed by atoms with Gasteiger partial charge in [-0.05, 0) is 31.4 Å². The lowest BCUT2D eigenvalue weighted by atomic mass is 10.1. The number of benzene rings is 1. The number of anilines is 1. The molecule has 7 nitrogen and oxygen atoms in total. The molecule has 1 aliphatic rings. The van der Waals surface area contributed by atoms with E-state index < -0.39 is 11.2 Å². The molecular weight excluding hydrogens is 332 g/mol. The van der Waals surface area contributed by atoms with Crippen molar-refractivity contribution in [1.29, 1.82) is 0 Å². The van der Waals surface area contributed by atoms with Crippen LogP contribution in [0.1, 0.15) is 12.0 Å². The first kappa shape index (κ1) is 18.0. The van der Waals surface area contributed by atoms with Gasteiger partial charge in [0.15, 0.2) is 0 Å². The highest BCUT2D eigenvalue weighted by molar-refractivity contribution is 5.75. The molecule has 1 amide bonds. The normalized spacial score (nSPS) is 16.7. The van der Waals surface area contributed by atoms with Gasteiger partial charge in [-0.25, -0.2) is 4.79 Å². The summed E-state index contributed by atoms with van der Waals surface area (Å²) >= 11 is 0. The van der Waals surface area contributed by atoms with E-state index in [-0.39, 0.29) is 12.5 Å². The highest BCUT2D eigenvalue weighted by Gasteiger charge is 2.25. The van der Waals surface area contributed by atoms with Gasteiger partial charge in [0.1, 0.15) is 6.54 Å². The molecule has 0 saturated carbocycles. The van der Waals surface area contributed by atoms with Crippen LogP contribution in [0.3, 0.4) is 0 Å². The summed E-state index contributed by atoms with van der Waals surface area (Å²) in [4.78, 5) is 41.9. The second kappa shape index (κ2) is 7.59. The number of hydrogen-bond acceptors (Lipinski definition) is 4. The second-order valence-corrected chi connectivity index (χ2v) is 6.91. The fourth-order valence-corrected chi connectivity index (χ4v) is 3.35. The van der Waals surface area contributed by atoms with Crippen LogP contribution in [0.2, 0.25) is 0 Å². The third-order valence-corrected chi connectivity index (χ3v) is 4.86. The number of carbonyl (C=O) groups excluding carboxylic acids is 1. The zero-order valence-corrected chi connectivity index (χ0v) is 15.1. The van der Waals surface area contributed by atoms with Crippen LogP contribution < -0.4 is 16.1 Å². The number of aromatic amines is 1. The first-order valence-corrected chi connectivity index (χ1v) is 8.78. The Morgan fingerprint density at radius 1 is 1.27 bits per heavy atom. The molecule has 1 unspecified atom stereocenters. The topological polar surface area (TPSA) is 78.4 Å². The van der Waals surface area contributed by atoms with Gasteiger partial charge < -0.3 is 9.80 Å². The summed E-state index contributed by atoms with van der Waals surface area (Å²) in [6.07, 6.45) is 2.46. The fraction of sp³-hybridized carbons (Fsp3) is 0.421. The van der Waals surface area contributed by atoms with Crippen molar-refractivity contribution in [2.24, 2.45) is 5.92 Å². The molecule has 1 N–H and O–H groups in total. The maximum atomic E-state index is 12.5. The van der Waals surface area contributed by atoms with E-state index >= 15 is 0 Å². The Balaban J connectivity index is 1.58. The van der Waals surface area contributed by atoms with Crippen molar-refractivity contribution in [2.45, 2.75) is 19.9 Å². The molecule has 26 heavy (non-hydrogen) atoms. The number of nitrogens with one attached hydrogen (secondary N) is 1. The molecule has 1 aromatic heterocycles. The molecule has 3 rings (SSSR count). The predicted molar refractivity (Wildman–Crippen MR) is 100 cm³/mol. The molecular formula is C19H24N4O3. The second-order valence-electron chi connectivity index (χ2n) is 6.91. The summed E-state index contributed by atoms with van der Waals surface area (Å²) in [5, 5.41) is 0. The van der Waals surface area contributed by atoms with Crippen LogP contribution in [0.4, 0.5) is 5.69 Å². The van der Waals surface area contributed by atoms with Gasteiger partial charge in [-0.15, -0.1) is 0 Å². The van der Waals surface area contributed by atoms with Crippen LogP contribution in [0, 0.1) is 12.8 Å². The molecule has 7 heteroatoms. The number of H-pyrrole nitrogens is 1. The average Bonchev–Trinajstić information content (AvgIpc) is 3.09. The summed E-state index contributed by atoms with van der Waals surface area (Å²) in [5.41, 5.74) is 0.645. The minimum atomic E-state index is -0.557. The van der Waals surface area contributed by atoms with E-state index in [1.807, 2.05) is 18.2 Å². The first-order chi connectivity index (χ1) is 12.4. The maximum Gasteiger partial charge on any atom is 0.328 e. The molecule has 1 aliphatic heterocycles. The van der Waals surface area contributed by atoms with E-state index in [9.17, 15) is 14.4 Å². The van der Waals surface area contributed by atoms with Gasteiger partial charge in [0, 0.05) is 44.1 Å². The lowest BCUT2D eigenvalue weighted by Crippen LogP contribution is -2.39. The Hall–Kier alpha value is -2.83.